The normalized spacial score (nSPS) is 23.2. The maximum absolute atomic E-state index is 5.40. The monoisotopic (exact) mass is 209 g/mol. The summed E-state index contributed by atoms with van der Waals surface area (Å²) >= 11 is 0. The molecule has 1 N–H and O–H groups in total. The van der Waals surface area contributed by atoms with Crippen molar-refractivity contribution >= 4 is 0 Å². The molecule has 1 aliphatic heterocycles. The second kappa shape index (κ2) is 4.77. The zero-order chi connectivity index (χ0) is 10.7. The third-order valence-corrected chi connectivity index (χ3v) is 3.16. The van der Waals surface area contributed by atoms with Gasteiger partial charge in [0.25, 0.3) is 0 Å². The molecular formula is C11H19N3O. The van der Waals surface area contributed by atoms with E-state index in [9.17, 15) is 0 Å². The van der Waals surface area contributed by atoms with E-state index in [-0.39, 0.29) is 0 Å². The number of aromatic nitrogens is 2. The molecule has 0 amide bonds. The summed E-state index contributed by atoms with van der Waals surface area (Å²) in [7, 11) is 4.00. The largest absolute Gasteiger partial charge is 0.381 e. The fourth-order valence-electron chi connectivity index (χ4n) is 2.21. The maximum atomic E-state index is 5.40. The Kier molecular flexibility index (Phi) is 3.38. The molecule has 0 aromatic carbocycles. The smallest absolute Gasteiger partial charge is 0.0550 e. The number of ether oxygens (including phenoxy) is 1. The van der Waals surface area contributed by atoms with Crippen LogP contribution in [-0.4, -0.2) is 30.0 Å². The molecule has 4 nitrogen and oxygen atoms in total. The van der Waals surface area contributed by atoms with Crippen molar-refractivity contribution in [1.82, 2.24) is 15.1 Å². The number of nitrogens with one attached hydrogen (secondary N) is 1. The summed E-state index contributed by atoms with van der Waals surface area (Å²) in [6.07, 6.45) is 4.18. The Bertz CT molecular complexity index is 305. The average molecular weight is 209 g/mol. The zero-order valence-electron chi connectivity index (χ0n) is 9.44. The highest BCUT2D eigenvalue weighted by atomic mass is 16.5. The molecule has 2 unspecified atom stereocenters. The molecule has 0 saturated carbocycles. The van der Waals surface area contributed by atoms with E-state index in [1.54, 1.807) is 0 Å². The van der Waals surface area contributed by atoms with Crippen LogP contribution in [-0.2, 0) is 11.8 Å². The maximum Gasteiger partial charge on any atom is 0.0550 e. The summed E-state index contributed by atoms with van der Waals surface area (Å²) in [6, 6.07) is 2.47. The van der Waals surface area contributed by atoms with Crippen LogP contribution >= 0.6 is 0 Å². The van der Waals surface area contributed by atoms with Crippen LogP contribution in [0.5, 0.6) is 0 Å². The molecular weight excluding hydrogens is 190 g/mol. The number of nitrogens with zero attached hydrogens (tertiary/aromatic N) is 2. The molecule has 15 heavy (non-hydrogen) atoms. The fourth-order valence-corrected chi connectivity index (χ4v) is 2.21. The van der Waals surface area contributed by atoms with Crippen molar-refractivity contribution in [3.63, 3.8) is 0 Å². The van der Waals surface area contributed by atoms with Gasteiger partial charge >= 0.3 is 0 Å². The lowest BCUT2D eigenvalue weighted by Gasteiger charge is -2.19. The molecule has 0 spiro atoms. The minimum atomic E-state index is 0.393. The van der Waals surface area contributed by atoms with Gasteiger partial charge in [-0.15, -0.1) is 0 Å². The third-order valence-electron chi connectivity index (χ3n) is 3.16. The number of aryl methyl sites for hydroxylation is 1. The molecule has 1 aliphatic rings. The lowest BCUT2D eigenvalue weighted by atomic mass is 9.97. The molecule has 1 saturated heterocycles. The SMILES string of the molecule is CNC(CC1CCOC1)c1ccnn1C. The standard InChI is InChI=1S/C11H19N3O/c1-12-10(7-9-4-6-15-8-9)11-3-5-13-14(11)2/h3,5,9-10,12H,4,6-8H2,1-2H3. The van der Waals surface area contributed by atoms with Crippen LogP contribution in [0.15, 0.2) is 12.3 Å². The minimum Gasteiger partial charge on any atom is -0.381 e. The van der Waals surface area contributed by atoms with Gasteiger partial charge in [-0.25, -0.2) is 0 Å². The van der Waals surface area contributed by atoms with Crippen molar-refractivity contribution in [2.45, 2.75) is 18.9 Å². The molecule has 2 atom stereocenters. The molecule has 1 aromatic rings. The fraction of sp³-hybridized carbons (Fsp3) is 0.727. The first kappa shape index (κ1) is 10.6. The lowest BCUT2D eigenvalue weighted by Crippen LogP contribution is -2.22. The summed E-state index contributed by atoms with van der Waals surface area (Å²) in [5.74, 6) is 0.692. The van der Waals surface area contributed by atoms with Crippen LogP contribution in [0.2, 0.25) is 0 Å². The van der Waals surface area contributed by atoms with Gasteiger partial charge in [0.15, 0.2) is 0 Å². The van der Waals surface area contributed by atoms with Gasteiger partial charge in [0, 0.05) is 32.5 Å². The van der Waals surface area contributed by atoms with Crippen LogP contribution < -0.4 is 5.32 Å². The van der Waals surface area contributed by atoms with E-state index >= 15 is 0 Å². The quantitative estimate of drug-likeness (QED) is 0.807. The van der Waals surface area contributed by atoms with Gasteiger partial charge in [-0.3, -0.25) is 4.68 Å². The van der Waals surface area contributed by atoms with Gasteiger partial charge < -0.3 is 10.1 Å². The number of rotatable bonds is 4. The molecule has 84 valence electrons. The van der Waals surface area contributed by atoms with E-state index in [1.807, 2.05) is 25.0 Å². The van der Waals surface area contributed by atoms with Crippen LogP contribution in [0.4, 0.5) is 0 Å². The van der Waals surface area contributed by atoms with Crippen molar-refractivity contribution in [2.24, 2.45) is 13.0 Å². The van der Waals surface area contributed by atoms with E-state index in [2.05, 4.69) is 16.5 Å². The number of hydrogen-bond donors (Lipinski definition) is 1. The van der Waals surface area contributed by atoms with E-state index in [1.165, 1.54) is 12.1 Å². The lowest BCUT2D eigenvalue weighted by molar-refractivity contribution is 0.181. The summed E-state index contributed by atoms with van der Waals surface area (Å²) in [5, 5.41) is 7.56. The first-order valence-electron chi connectivity index (χ1n) is 5.54. The van der Waals surface area contributed by atoms with E-state index in [4.69, 9.17) is 4.74 Å². The number of hydrogen-bond acceptors (Lipinski definition) is 3. The predicted octanol–water partition coefficient (Wildman–Crippen LogP) is 1.11. The molecule has 0 radical (unpaired) electrons. The molecule has 1 fully saturated rings. The second-order valence-electron chi connectivity index (χ2n) is 4.19. The molecule has 0 bridgehead atoms. The highest BCUT2D eigenvalue weighted by Crippen LogP contribution is 2.25. The van der Waals surface area contributed by atoms with Crippen molar-refractivity contribution in [3.8, 4) is 0 Å². The van der Waals surface area contributed by atoms with Crippen LogP contribution in [0.3, 0.4) is 0 Å². The van der Waals surface area contributed by atoms with Crippen molar-refractivity contribution in [2.75, 3.05) is 20.3 Å². The minimum absolute atomic E-state index is 0.393. The Morgan fingerprint density at radius 2 is 2.60 bits per heavy atom. The second-order valence-corrected chi connectivity index (χ2v) is 4.19. The van der Waals surface area contributed by atoms with Crippen LogP contribution in [0.1, 0.15) is 24.6 Å². The highest BCUT2D eigenvalue weighted by Gasteiger charge is 2.22. The summed E-state index contributed by atoms with van der Waals surface area (Å²) in [5.41, 5.74) is 1.25. The van der Waals surface area contributed by atoms with E-state index < -0.39 is 0 Å². The topological polar surface area (TPSA) is 39.1 Å². The summed E-state index contributed by atoms with van der Waals surface area (Å²) in [6.45, 7) is 1.84. The Morgan fingerprint density at radius 1 is 1.73 bits per heavy atom. The Hall–Kier alpha value is -0.870. The van der Waals surface area contributed by atoms with Gasteiger partial charge in [0.05, 0.1) is 5.69 Å². The first-order valence-corrected chi connectivity index (χ1v) is 5.54. The Morgan fingerprint density at radius 3 is 3.13 bits per heavy atom. The Balaban J connectivity index is 2.00. The molecule has 2 rings (SSSR count). The van der Waals surface area contributed by atoms with Crippen molar-refractivity contribution in [3.05, 3.63) is 18.0 Å². The molecule has 0 aliphatic carbocycles. The van der Waals surface area contributed by atoms with Gasteiger partial charge in [0.1, 0.15) is 0 Å². The van der Waals surface area contributed by atoms with Crippen LogP contribution in [0, 0.1) is 5.92 Å². The van der Waals surface area contributed by atoms with E-state index in [0.29, 0.717) is 12.0 Å². The summed E-state index contributed by atoms with van der Waals surface area (Å²) in [4.78, 5) is 0. The van der Waals surface area contributed by atoms with Crippen LogP contribution in [0.25, 0.3) is 0 Å². The average Bonchev–Trinajstić information content (AvgIpc) is 2.85. The van der Waals surface area contributed by atoms with Crippen molar-refractivity contribution < 1.29 is 4.74 Å². The first-order chi connectivity index (χ1) is 7.31. The van der Waals surface area contributed by atoms with Gasteiger partial charge in [-0.05, 0) is 31.9 Å². The Labute approximate surface area is 90.6 Å². The third kappa shape index (κ3) is 2.38. The molecule has 1 aromatic heterocycles. The van der Waals surface area contributed by atoms with E-state index in [0.717, 1.165) is 19.6 Å². The van der Waals surface area contributed by atoms with Crippen molar-refractivity contribution in [1.29, 1.82) is 0 Å². The molecule has 4 heteroatoms. The molecule has 2 heterocycles. The van der Waals surface area contributed by atoms with Gasteiger partial charge in [-0.1, -0.05) is 0 Å². The zero-order valence-corrected chi connectivity index (χ0v) is 9.44. The van der Waals surface area contributed by atoms with Gasteiger partial charge in [-0.2, -0.15) is 5.10 Å². The summed E-state index contributed by atoms with van der Waals surface area (Å²) < 4.78 is 7.34. The predicted molar refractivity (Wildman–Crippen MR) is 58.6 cm³/mol. The van der Waals surface area contributed by atoms with Gasteiger partial charge in [0.2, 0.25) is 0 Å². The highest BCUT2D eigenvalue weighted by molar-refractivity contribution is 5.06.